The smallest absolute Gasteiger partial charge is 0.309 e. The van der Waals surface area contributed by atoms with Crippen LogP contribution in [0.1, 0.15) is 47.5 Å². The van der Waals surface area contributed by atoms with E-state index in [2.05, 4.69) is 22.5 Å². The predicted octanol–water partition coefficient (Wildman–Crippen LogP) is 0.219. The number of carbonyl (C=O) groups is 2. The lowest BCUT2D eigenvalue weighted by Crippen LogP contribution is -2.54. The van der Waals surface area contributed by atoms with Gasteiger partial charge in [0.1, 0.15) is 0 Å². The minimum atomic E-state index is -0.594. The van der Waals surface area contributed by atoms with Gasteiger partial charge in [0.05, 0.1) is 0 Å². The summed E-state index contributed by atoms with van der Waals surface area (Å²) in [5.74, 6) is -1.17. The minimum absolute atomic E-state index is 0.401. The zero-order valence-corrected chi connectivity index (χ0v) is 14.0. The van der Waals surface area contributed by atoms with Crippen molar-refractivity contribution < 1.29 is 9.59 Å². The standard InChI is InChI=1S/C15H30N4O2/c1-11(19-8-9-19)6-7-17-12(20)13(21)18-15(4,5)10-14(2,3)16/h11H,6-10,16H2,1-5H3,(H,17,20)(H,18,21). The van der Waals surface area contributed by atoms with Gasteiger partial charge in [0.15, 0.2) is 0 Å². The topological polar surface area (TPSA) is 87.2 Å². The van der Waals surface area contributed by atoms with Crippen LogP contribution in [-0.4, -0.2) is 53.5 Å². The molecule has 4 N–H and O–H groups in total. The highest BCUT2D eigenvalue weighted by Crippen LogP contribution is 2.17. The quantitative estimate of drug-likeness (QED) is 0.463. The molecule has 0 bridgehead atoms. The van der Waals surface area contributed by atoms with Gasteiger partial charge in [-0.3, -0.25) is 14.5 Å². The highest BCUT2D eigenvalue weighted by Gasteiger charge is 2.29. The number of nitrogens with one attached hydrogen (secondary N) is 2. The van der Waals surface area contributed by atoms with Crippen molar-refractivity contribution in [3.05, 3.63) is 0 Å². The Hall–Kier alpha value is -1.14. The van der Waals surface area contributed by atoms with Gasteiger partial charge in [0.25, 0.3) is 0 Å². The van der Waals surface area contributed by atoms with E-state index >= 15 is 0 Å². The van der Waals surface area contributed by atoms with Gasteiger partial charge in [0.2, 0.25) is 0 Å². The van der Waals surface area contributed by atoms with E-state index in [1.807, 2.05) is 27.7 Å². The van der Waals surface area contributed by atoms with Crippen molar-refractivity contribution in [2.24, 2.45) is 5.73 Å². The van der Waals surface area contributed by atoms with E-state index in [4.69, 9.17) is 5.73 Å². The molecule has 1 unspecified atom stereocenters. The zero-order chi connectivity index (χ0) is 16.3. The normalized spacial score (nSPS) is 17.2. The van der Waals surface area contributed by atoms with E-state index in [1.54, 1.807) is 0 Å². The summed E-state index contributed by atoms with van der Waals surface area (Å²) in [4.78, 5) is 26.0. The first-order valence-corrected chi connectivity index (χ1v) is 7.63. The van der Waals surface area contributed by atoms with Crippen LogP contribution < -0.4 is 16.4 Å². The molecule has 2 amide bonds. The van der Waals surface area contributed by atoms with Crippen LogP contribution in [0.3, 0.4) is 0 Å². The summed E-state index contributed by atoms with van der Waals surface area (Å²) in [5, 5.41) is 5.42. The number of carbonyl (C=O) groups excluding carboxylic acids is 2. The average molecular weight is 298 g/mol. The number of nitrogens with zero attached hydrogens (tertiary/aromatic N) is 1. The van der Waals surface area contributed by atoms with Crippen LogP contribution in [0.25, 0.3) is 0 Å². The lowest BCUT2D eigenvalue weighted by molar-refractivity contribution is -0.140. The van der Waals surface area contributed by atoms with Crippen LogP contribution >= 0.6 is 0 Å². The summed E-state index contributed by atoms with van der Waals surface area (Å²) in [7, 11) is 0. The molecule has 6 nitrogen and oxygen atoms in total. The molecular weight excluding hydrogens is 268 g/mol. The molecule has 0 aromatic rings. The van der Waals surface area contributed by atoms with Crippen LogP contribution in [0.4, 0.5) is 0 Å². The van der Waals surface area contributed by atoms with Crippen molar-refractivity contribution in [3.8, 4) is 0 Å². The molecule has 6 heteroatoms. The molecule has 0 radical (unpaired) electrons. The van der Waals surface area contributed by atoms with E-state index in [-0.39, 0.29) is 0 Å². The van der Waals surface area contributed by atoms with Crippen LogP contribution in [0.5, 0.6) is 0 Å². The predicted molar refractivity (Wildman–Crippen MR) is 83.8 cm³/mol. The van der Waals surface area contributed by atoms with Crippen molar-refractivity contribution in [3.63, 3.8) is 0 Å². The van der Waals surface area contributed by atoms with Gasteiger partial charge in [-0.25, -0.2) is 0 Å². The summed E-state index contributed by atoms with van der Waals surface area (Å²) >= 11 is 0. The molecule has 0 saturated carbocycles. The van der Waals surface area contributed by atoms with Gasteiger partial charge < -0.3 is 16.4 Å². The van der Waals surface area contributed by atoms with Gasteiger partial charge >= 0.3 is 11.8 Å². The monoisotopic (exact) mass is 298 g/mol. The first-order chi connectivity index (χ1) is 9.50. The first-order valence-electron chi connectivity index (χ1n) is 7.63. The maximum absolute atomic E-state index is 11.9. The molecule has 1 fully saturated rings. The summed E-state index contributed by atoms with van der Waals surface area (Å²) in [6.45, 7) is 12.5. The number of amides is 2. The van der Waals surface area contributed by atoms with Crippen molar-refractivity contribution >= 4 is 11.8 Å². The Labute approximate surface area is 127 Å². The highest BCUT2D eigenvalue weighted by atomic mass is 16.2. The molecule has 1 saturated heterocycles. The second-order valence-corrected chi connectivity index (χ2v) is 7.43. The number of nitrogens with two attached hydrogens (primary N) is 1. The molecule has 0 spiro atoms. The lowest BCUT2D eigenvalue weighted by atomic mass is 9.88. The fraction of sp³-hybridized carbons (Fsp3) is 0.867. The molecule has 1 aliphatic rings. The maximum atomic E-state index is 11.9. The minimum Gasteiger partial charge on any atom is -0.348 e. The summed E-state index contributed by atoms with van der Waals surface area (Å²) in [5.41, 5.74) is 5.05. The maximum Gasteiger partial charge on any atom is 0.309 e. The summed E-state index contributed by atoms with van der Waals surface area (Å²) in [6.07, 6.45) is 1.45. The Morgan fingerprint density at radius 2 is 1.76 bits per heavy atom. The molecular formula is C15H30N4O2. The second-order valence-electron chi connectivity index (χ2n) is 7.43. The fourth-order valence-electron chi connectivity index (χ4n) is 2.70. The Bertz CT molecular complexity index is 384. The lowest BCUT2D eigenvalue weighted by Gasteiger charge is -2.32. The fourth-order valence-corrected chi connectivity index (χ4v) is 2.70. The third-order valence-electron chi connectivity index (χ3n) is 3.51. The number of hydrogen-bond acceptors (Lipinski definition) is 4. The van der Waals surface area contributed by atoms with Gasteiger partial charge in [-0.05, 0) is 47.5 Å². The average Bonchev–Trinajstić information content (AvgIpc) is 3.07. The van der Waals surface area contributed by atoms with Crippen molar-refractivity contribution in [1.82, 2.24) is 15.5 Å². The highest BCUT2D eigenvalue weighted by molar-refractivity contribution is 6.35. The van der Waals surface area contributed by atoms with Crippen molar-refractivity contribution in [1.29, 1.82) is 0 Å². The summed E-state index contributed by atoms with van der Waals surface area (Å²) < 4.78 is 0. The van der Waals surface area contributed by atoms with Gasteiger partial charge in [-0.2, -0.15) is 0 Å². The van der Waals surface area contributed by atoms with Gasteiger partial charge in [0, 0.05) is 36.8 Å². The van der Waals surface area contributed by atoms with E-state index < -0.39 is 22.9 Å². The Kier molecular flexibility index (Phi) is 5.75. The molecule has 21 heavy (non-hydrogen) atoms. The van der Waals surface area contributed by atoms with Crippen molar-refractivity contribution in [2.45, 2.75) is 64.6 Å². The first kappa shape index (κ1) is 17.9. The number of hydrogen-bond donors (Lipinski definition) is 3. The third kappa shape index (κ3) is 7.43. The number of rotatable bonds is 7. The molecule has 1 atom stereocenters. The van der Waals surface area contributed by atoms with E-state index in [0.29, 0.717) is 19.0 Å². The Morgan fingerprint density at radius 1 is 1.19 bits per heavy atom. The van der Waals surface area contributed by atoms with E-state index in [0.717, 1.165) is 19.5 Å². The molecule has 1 heterocycles. The molecule has 122 valence electrons. The van der Waals surface area contributed by atoms with Crippen LogP contribution in [0, 0.1) is 0 Å². The Morgan fingerprint density at radius 3 is 2.24 bits per heavy atom. The van der Waals surface area contributed by atoms with Gasteiger partial charge in [-0.1, -0.05) is 0 Å². The third-order valence-corrected chi connectivity index (χ3v) is 3.51. The van der Waals surface area contributed by atoms with E-state index in [9.17, 15) is 9.59 Å². The molecule has 1 rings (SSSR count). The van der Waals surface area contributed by atoms with Gasteiger partial charge in [-0.15, -0.1) is 0 Å². The van der Waals surface area contributed by atoms with Crippen LogP contribution in [-0.2, 0) is 9.59 Å². The molecule has 1 aliphatic heterocycles. The molecule has 0 aromatic carbocycles. The van der Waals surface area contributed by atoms with Crippen LogP contribution in [0.15, 0.2) is 0 Å². The molecule has 0 aromatic heterocycles. The van der Waals surface area contributed by atoms with Crippen molar-refractivity contribution in [2.75, 3.05) is 19.6 Å². The van der Waals surface area contributed by atoms with Crippen LogP contribution in [0.2, 0.25) is 0 Å². The second kappa shape index (κ2) is 6.75. The largest absolute Gasteiger partial charge is 0.348 e. The SMILES string of the molecule is CC(CCNC(=O)C(=O)NC(C)(C)CC(C)(C)N)N1CC1. The van der Waals surface area contributed by atoms with E-state index in [1.165, 1.54) is 0 Å². The Balaban J connectivity index is 2.31. The molecule has 0 aliphatic carbocycles. The summed E-state index contributed by atoms with van der Waals surface area (Å²) in [6, 6.07) is 0.461. The zero-order valence-electron chi connectivity index (χ0n) is 14.0.